The van der Waals surface area contributed by atoms with Crippen molar-refractivity contribution in [2.24, 2.45) is 0 Å². The molecule has 0 bridgehead atoms. The lowest BCUT2D eigenvalue weighted by atomic mass is 10.2. The summed E-state index contributed by atoms with van der Waals surface area (Å²) in [6.07, 6.45) is 3.23. The number of para-hydroxylation sites is 2. The molecule has 0 radical (unpaired) electrons. The molecule has 1 aromatic carbocycles. The zero-order valence-corrected chi connectivity index (χ0v) is 13.3. The zero-order chi connectivity index (χ0) is 16.2. The number of amides is 1. The first-order valence-corrected chi connectivity index (χ1v) is 7.58. The molecule has 0 atom stereocenters. The van der Waals surface area contributed by atoms with E-state index in [4.69, 9.17) is 23.2 Å². The van der Waals surface area contributed by atoms with Crippen LogP contribution in [0, 0.1) is 0 Å². The summed E-state index contributed by atoms with van der Waals surface area (Å²) in [7, 11) is 0. The summed E-state index contributed by atoms with van der Waals surface area (Å²) in [4.78, 5) is 16.3. The number of hydrogen-bond acceptors (Lipinski definition) is 4. The van der Waals surface area contributed by atoms with Gasteiger partial charge in [-0.1, -0.05) is 28.9 Å². The first kappa shape index (κ1) is 15.5. The van der Waals surface area contributed by atoms with Crippen LogP contribution < -0.4 is 5.32 Å². The monoisotopic (exact) mass is 347 g/mol. The summed E-state index contributed by atoms with van der Waals surface area (Å²) < 4.78 is 1.55. The van der Waals surface area contributed by atoms with Crippen LogP contribution in [0.4, 0.5) is 5.69 Å². The van der Waals surface area contributed by atoms with Crippen LogP contribution in [0.3, 0.4) is 0 Å². The van der Waals surface area contributed by atoms with Gasteiger partial charge in [-0.15, -0.1) is 16.7 Å². The van der Waals surface area contributed by atoms with Crippen molar-refractivity contribution in [2.45, 2.75) is 5.88 Å². The Balaban J connectivity index is 1.92. The third-order valence-corrected chi connectivity index (χ3v) is 3.66. The van der Waals surface area contributed by atoms with Crippen LogP contribution in [0.1, 0.15) is 16.1 Å². The fraction of sp³-hybridized carbons (Fsp3) is 0.0667. The van der Waals surface area contributed by atoms with Gasteiger partial charge in [0.2, 0.25) is 0 Å². The predicted octanol–water partition coefficient (Wildman–Crippen LogP) is 3.31. The highest BCUT2D eigenvalue weighted by molar-refractivity contribution is 6.33. The Labute approximate surface area is 142 Å². The van der Waals surface area contributed by atoms with Gasteiger partial charge in [0.1, 0.15) is 5.15 Å². The van der Waals surface area contributed by atoms with Gasteiger partial charge in [-0.3, -0.25) is 4.79 Å². The number of rotatable bonds is 4. The maximum Gasteiger partial charge on any atom is 0.258 e. The quantitative estimate of drug-likeness (QED) is 0.580. The number of anilines is 1. The Morgan fingerprint density at radius 2 is 2.04 bits per heavy atom. The number of benzene rings is 1. The van der Waals surface area contributed by atoms with Gasteiger partial charge in [0.25, 0.3) is 5.91 Å². The van der Waals surface area contributed by atoms with Gasteiger partial charge in [-0.25, -0.2) is 9.67 Å². The molecule has 1 amide bonds. The molecule has 23 heavy (non-hydrogen) atoms. The summed E-state index contributed by atoms with van der Waals surface area (Å²) in [6, 6.07) is 10.5. The summed E-state index contributed by atoms with van der Waals surface area (Å²) in [5.41, 5.74) is 2.18. The van der Waals surface area contributed by atoms with Crippen molar-refractivity contribution < 1.29 is 4.79 Å². The average molecular weight is 348 g/mol. The molecule has 1 N–H and O–H groups in total. The van der Waals surface area contributed by atoms with Crippen molar-refractivity contribution in [1.82, 2.24) is 20.0 Å². The van der Waals surface area contributed by atoms with Crippen LogP contribution in [0.25, 0.3) is 5.69 Å². The topological polar surface area (TPSA) is 72.7 Å². The number of alkyl halides is 1. The van der Waals surface area contributed by atoms with Gasteiger partial charge in [0.05, 0.1) is 34.7 Å². The molecule has 6 nitrogen and oxygen atoms in total. The molecule has 8 heteroatoms. The Morgan fingerprint density at radius 3 is 2.78 bits per heavy atom. The van der Waals surface area contributed by atoms with Crippen molar-refractivity contribution in [3.63, 3.8) is 0 Å². The third-order valence-electron chi connectivity index (χ3n) is 3.08. The zero-order valence-electron chi connectivity index (χ0n) is 11.8. The van der Waals surface area contributed by atoms with Crippen LogP contribution in [0.15, 0.2) is 48.8 Å². The minimum atomic E-state index is -0.353. The van der Waals surface area contributed by atoms with E-state index in [-0.39, 0.29) is 16.9 Å². The first-order valence-electron chi connectivity index (χ1n) is 6.67. The molecule has 0 aliphatic heterocycles. The van der Waals surface area contributed by atoms with E-state index in [0.29, 0.717) is 22.6 Å². The van der Waals surface area contributed by atoms with E-state index in [1.165, 1.54) is 6.20 Å². The van der Waals surface area contributed by atoms with Crippen LogP contribution in [-0.4, -0.2) is 25.9 Å². The normalized spacial score (nSPS) is 10.5. The molecule has 0 spiro atoms. The Hall–Kier alpha value is -2.44. The second-order valence-corrected chi connectivity index (χ2v) is 5.23. The van der Waals surface area contributed by atoms with Gasteiger partial charge in [-0.05, 0) is 24.3 Å². The molecule has 2 aromatic heterocycles. The molecule has 3 rings (SSSR count). The molecule has 0 aliphatic carbocycles. The Bertz CT molecular complexity index is 849. The van der Waals surface area contributed by atoms with E-state index in [9.17, 15) is 4.79 Å². The number of carbonyl (C=O) groups is 1. The van der Waals surface area contributed by atoms with Crippen LogP contribution >= 0.6 is 23.2 Å². The van der Waals surface area contributed by atoms with Crippen molar-refractivity contribution >= 4 is 34.8 Å². The van der Waals surface area contributed by atoms with Crippen LogP contribution in [-0.2, 0) is 5.88 Å². The SMILES string of the molecule is O=C(Nc1ccccc1-n1cc(CCl)nn1)c1cccnc1Cl. The van der Waals surface area contributed by atoms with Gasteiger partial charge in [0.15, 0.2) is 0 Å². The lowest BCUT2D eigenvalue weighted by Gasteiger charge is -2.10. The molecule has 0 saturated carbocycles. The second kappa shape index (κ2) is 6.76. The van der Waals surface area contributed by atoms with Crippen molar-refractivity contribution in [3.05, 3.63) is 65.2 Å². The minimum Gasteiger partial charge on any atom is -0.320 e. The van der Waals surface area contributed by atoms with Gasteiger partial charge < -0.3 is 5.32 Å². The number of pyridine rings is 1. The molecule has 2 heterocycles. The summed E-state index contributed by atoms with van der Waals surface area (Å²) >= 11 is 11.7. The number of nitrogens with one attached hydrogen (secondary N) is 1. The number of carbonyl (C=O) groups excluding carboxylic acids is 1. The van der Waals surface area contributed by atoms with E-state index in [1.807, 2.05) is 18.2 Å². The summed E-state index contributed by atoms with van der Waals surface area (Å²) in [5, 5.41) is 10.9. The highest BCUT2D eigenvalue weighted by Gasteiger charge is 2.14. The molecule has 3 aromatic rings. The summed E-state index contributed by atoms with van der Waals surface area (Å²) in [5.74, 6) is -0.0898. The largest absolute Gasteiger partial charge is 0.320 e. The Morgan fingerprint density at radius 1 is 1.22 bits per heavy atom. The number of aromatic nitrogens is 4. The number of halogens is 2. The van der Waals surface area contributed by atoms with E-state index in [0.717, 1.165) is 0 Å². The maximum absolute atomic E-state index is 12.4. The van der Waals surface area contributed by atoms with Crippen molar-refractivity contribution in [2.75, 3.05) is 5.32 Å². The second-order valence-electron chi connectivity index (χ2n) is 4.60. The van der Waals surface area contributed by atoms with Gasteiger partial charge >= 0.3 is 0 Å². The molecule has 0 unspecified atom stereocenters. The van der Waals surface area contributed by atoms with Gasteiger partial charge in [-0.2, -0.15) is 0 Å². The lowest BCUT2D eigenvalue weighted by Crippen LogP contribution is -2.14. The fourth-order valence-electron chi connectivity index (χ4n) is 2.00. The molecular weight excluding hydrogens is 337 g/mol. The van der Waals surface area contributed by atoms with Crippen molar-refractivity contribution in [3.8, 4) is 5.69 Å². The van der Waals surface area contributed by atoms with E-state index >= 15 is 0 Å². The lowest BCUT2D eigenvalue weighted by molar-refractivity contribution is 0.102. The number of hydrogen-bond donors (Lipinski definition) is 1. The smallest absolute Gasteiger partial charge is 0.258 e. The minimum absolute atomic E-state index is 0.146. The summed E-state index contributed by atoms with van der Waals surface area (Å²) in [6.45, 7) is 0. The molecule has 0 saturated heterocycles. The van der Waals surface area contributed by atoms with E-state index in [2.05, 4.69) is 20.6 Å². The fourth-order valence-corrected chi connectivity index (χ4v) is 2.33. The van der Waals surface area contributed by atoms with Gasteiger partial charge in [0, 0.05) is 6.20 Å². The molecule has 0 aliphatic rings. The first-order chi connectivity index (χ1) is 11.2. The molecule has 0 fully saturated rings. The van der Waals surface area contributed by atoms with Crippen LogP contribution in [0.2, 0.25) is 5.15 Å². The highest BCUT2D eigenvalue weighted by atomic mass is 35.5. The third kappa shape index (κ3) is 3.33. The number of nitrogens with zero attached hydrogens (tertiary/aromatic N) is 4. The standard InChI is InChI=1S/C15H11Cl2N5O/c16-8-10-9-22(21-20-10)13-6-2-1-5-12(13)19-15(23)11-4-3-7-18-14(11)17/h1-7,9H,8H2,(H,19,23). The van der Waals surface area contributed by atoms with E-state index < -0.39 is 0 Å². The Kier molecular flexibility index (Phi) is 4.55. The predicted molar refractivity (Wildman–Crippen MR) is 88.1 cm³/mol. The van der Waals surface area contributed by atoms with Crippen LogP contribution in [0.5, 0.6) is 0 Å². The molecular formula is C15H11Cl2N5O. The van der Waals surface area contributed by atoms with Crippen molar-refractivity contribution in [1.29, 1.82) is 0 Å². The molecule has 116 valence electrons. The van der Waals surface area contributed by atoms with E-state index in [1.54, 1.807) is 29.1 Å². The maximum atomic E-state index is 12.4. The average Bonchev–Trinajstić information content (AvgIpc) is 3.04. The highest BCUT2D eigenvalue weighted by Crippen LogP contribution is 2.21.